The van der Waals surface area contributed by atoms with Crippen LogP contribution in [-0.2, 0) is 0 Å². The summed E-state index contributed by atoms with van der Waals surface area (Å²) in [6.07, 6.45) is 3.59. The molecular formula is C16H13BrN2O2S. The zero-order valence-corrected chi connectivity index (χ0v) is 14.4. The van der Waals surface area contributed by atoms with Crippen LogP contribution >= 0.6 is 27.7 Å². The van der Waals surface area contributed by atoms with E-state index in [0.717, 1.165) is 20.4 Å². The lowest BCUT2D eigenvalue weighted by Gasteiger charge is -2.04. The average Bonchev–Trinajstić information content (AvgIpc) is 2.85. The van der Waals surface area contributed by atoms with Crippen LogP contribution in [0.15, 0.2) is 50.4 Å². The molecule has 0 radical (unpaired) electrons. The minimum Gasteiger partial charge on any atom is -0.451 e. The fourth-order valence-electron chi connectivity index (χ4n) is 2.17. The maximum atomic E-state index is 12.4. The van der Waals surface area contributed by atoms with Gasteiger partial charge in [-0.3, -0.25) is 4.79 Å². The van der Waals surface area contributed by atoms with Crippen LogP contribution in [0.3, 0.4) is 0 Å². The zero-order valence-electron chi connectivity index (χ0n) is 12.0. The highest BCUT2D eigenvalue weighted by atomic mass is 79.9. The molecule has 0 unspecified atom stereocenters. The fourth-order valence-corrected chi connectivity index (χ4v) is 2.90. The van der Waals surface area contributed by atoms with Crippen molar-refractivity contribution in [3.8, 4) is 0 Å². The Bertz CT molecular complexity index is 843. The summed E-state index contributed by atoms with van der Waals surface area (Å²) in [7, 11) is 0. The molecule has 0 spiro atoms. The third-order valence-corrected chi connectivity index (χ3v) is 4.46. The third kappa shape index (κ3) is 2.89. The first-order valence-electron chi connectivity index (χ1n) is 6.58. The first kappa shape index (κ1) is 15.1. The molecule has 4 nitrogen and oxygen atoms in total. The van der Waals surface area contributed by atoms with Crippen molar-refractivity contribution >= 4 is 50.3 Å². The van der Waals surface area contributed by atoms with E-state index >= 15 is 0 Å². The minimum absolute atomic E-state index is 0.275. The topological polar surface area (TPSA) is 55.1 Å². The predicted octanol–water partition coefficient (Wildman–Crippen LogP) is 4.87. The fraction of sp³-hybridized carbons (Fsp3) is 0.125. The van der Waals surface area contributed by atoms with Gasteiger partial charge in [0, 0.05) is 15.4 Å². The number of furan rings is 1. The first-order valence-corrected chi connectivity index (χ1v) is 8.60. The molecule has 0 aliphatic rings. The molecule has 1 aromatic carbocycles. The van der Waals surface area contributed by atoms with Crippen LogP contribution in [0.2, 0.25) is 0 Å². The molecule has 0 fully saturated rings. The van der Waals surface area contributed by atoms with E-state index in [0.29, 0.717) is 17.0 Å². The highest BCUT2D eigenvalue weighted by molar-refractivity contribution is 9.10. The Balaban J connectivity index is 1.89. The number of fused-ring (bicyclic) bond motifs is 1. The molecule has 22 heavy (non-hydrogen) atoms. The zero-order chi connectivity index (χ0) is 15.7. The summed E-state index contributed by atoms with van der Waals surface area (Å²) in [5.41, 5.74) is 2.16. The van der Waals surface area contributed by atoms with Crippen LogP contribution in [0.4, 0.5) is 5.69 Å². The number of anilines is 1. The number of carbonyl (C=O) groups excluding carboxylic acids is 1. The lowest BCUT2D eigenvalue weighted by atomic mass is 10.1. The number of aryl methyl sites for hydroxylation is 1. The van der Waals surface area contributed by atoms with E-state index < -0.39 is 0 Å². The summed E-state index contributed by atoms with van der Waals surface area (Å²) in [5.74, 6) is 0.0468. The largest absolute Gasteiger partial charge is 0.451 e. The minimum atomic E-state index is -0.275. The molecule has 0 aliphatic heterocycles. The van der Waals surface area contributed by atoms with Crippen LogP contribution in [0.1, 0.15) is 16.1 Å². The van der Waals surface area contributed by atoms with Gasteiger partial charge < -0.3 is 9.73 Å². The quantitative estimate of drug-likeness (QED) is 0.662. The molecule has 0 atom stereocenters. The number of rotatable bonds is 3. The number of hydrogen-bond donors (Lipinski definition) is 1. The molecule has 0 saturated carbocycles. The summed E-state index contributed by atoms with van der Waals surface area (Å²) >= 11 is 4.98. The van der Waals surface area contributed by atoms with Crippen molar-refractivity contribution < 1.29 is 9.21 Å². The summed E-state index contributed by atoms with van der Waals surface area (Å²) in [5, 5.41) is 4.64. The highest BCUT2D eigenvalue weighted by Gasteiger charge is 2.18. The molecule has 6 heteroatoms. The Labute approximate surface area is 140 Å². The lowest BCUT2D eigenvalue weighted by molar-refractivity contribution is 0.0998. The smallest absolute Gasteiger partial charge is 0.291 e. The summed E-state index contributed by atoms with van der Waals surface area (Å²) in [6, 6.07) is 9.37. The SMILES string of the molecule is CSc1ccc(NC(=O)c2oc3ccc(Br)cc3c2C)cn1. The van der Waals surface area contributed by atoms with Gasteiger partial charge in [-0.25, -0.2) is 4.98 Å². The first-order chi connectivity index (χ1) is 10.6. The standard InChI is InChI=1S/C16H13BrN2O2S/c1-9-12-7-10(17)3-5-13(12)21-15(9)16(20)19-11-4-6-14(22-2)18-8-11/h3-8H,1-2H3,(H,19,20). The molecule has 2 heterocycles. The third-order valence-electron chi connectivity index (χ3n) is 3.31. The summed E-state index contributed by atoms with van der Waals surface area (Å²) < 4.78 is 6.63. The highest BCUT2D eigenvalue weighted by Crippen LogP contribution is 2.28. The number of hydrogen-bond acceptors (Lipinski definition) is 4. The van der Waals surface area contributed by atoms with Crippen LogP contribution in [-0.4, -0.2) is 17.1 Å². The number of carbonyl (C=O) groups is 1. The molecule has 2 aromatic heterocycles. The van der Waals surface area contributed by atoms with Gasteiger partial charge >= 0.3 is 0 Å². The van der Waals surface area contributed by atoms with Crippen LogP contribution in [0.25, 0.3) is 11.0 Å². The van der Waals surface area contributed by atoms with Gasteiger partial charge in [-0.1, -0.05) is 15.9 Å². The molecule has 0 saturated heterocycles. The molecule has 1 amide bonds. The van der Waals surface area contributed by atoms with Gasteiger partial charge in [-0.15, -0.1) is 11.8 Å². The van der Waals surface area contributed by atoms with Crippen molar-refractivity contribution in [1.82, 2.24) is 4.98 Å². The van der Waals surface area contributed by atoms with Crippen molar-refractivity contribution in [2.75, 3.05) is 11.6 Å². The van der Waals surface area contributed by atoms with Gasteiger partial charge in [0.05, 0.1) is 16.9 Å². The van der Waals surface area contributed by atoms with E-state index in [1.165, 1.54) is 0 Å². The number of nitrogens with one attached hydrogen (secondary N) is 1. The second kappa shape index (κ2) is 6.14. The Morgan fingerprint density at radius 1 is 1.32 bits per heavy atom. The molecule has 0 aliphatic carbocycles. The van der Waals surface area contributed by atoms with E-state index in [1.807, 2.05) is 43.5 Å². The van der Waals surface area contributed by atoms with Gasteiger partial charge in [-0.05, 0) is 43.5 Å². The lowest BCUT2D eigenvalue weighted by Crippen LogP contribution is -2.12. The Morgan fingerprint density at radius 2 is 2.14 bits per heavy atom. The molecule has 1 N–H and O–H groups in total. The van der Waals surface area contributed by atoms with Crippen molar-refractivity contribution in [2.45, 2.75) is 11.9 Å². The number of halogens is 1. The second-order valence-electron chi connectivity index (χ2n) is 4.74. The monoisotopic (exact) mass is 376 g/mol. The van der Waals surface area contributed by atoms with E-state index in [9.17, 15) is 4.79 Å². The maximum absolute atomic E-state index is 12.4. The van der Waals surface area contributed by atoms with Gasteiger partial charge in [0.15, 0.2) is 5.76 Å². The number of aromatic nitrogens is 1. The van der Waals surface area contributed by atoms with Gasteiger partial charge in [-0.2, -0.15) is 0 Å². The van der Waals surface area contributed by atoms with Crippen LogP contribution in [0, 0.1) is 6.92 Å². The Morgan fingerprint density at radius 3 is 2.82 bits per heavy atom. The average molecular weight is 377 g/mol. The maximum Gasteiger partial charge on any atom is 0.291 e. The van der Waals surface area contributed by atoms with E-state index in [-0.39, 0.29) is 5.91 Å². The number of pyridine rings is 1. The molecule has 112 valence electrons. The summed E-state index contributed by atoms with van der Waals surface area (Å²) in [6.45, 7) is 1.88. The molecule has 0 bridgehead atoms. The van der Waals surface area contributed by atoms with Crippen LogP contribution in [0.5, 0.6) is 0 Å². The Hall–Kier alpha value is -1.79. The molecule has 3 aromatic rings. The Kier molecular flexibility index (Phi) is 4.22. The predicted molar refractivity (Wildman–Crippen MR) is 92.6 cm³/mol. The number of thioether (sulfide) groups is 1. The van der Waals surface area contributed by atoms with Crippen molar-refractivity contribution in [2.24, 2.45) is 0 Å². The van der Waals surface area contributed by atoms with E-state index in [4.69, 9.17) is 4.42 Å². The normalized spacial score (nSPS) is 10.9. The van der Waals surface area contributed by atoms with Crippen molar-refractivity contribution in [1.29, 1.82) is 0 Å². The van der Waals surface area contributed by atoms with Crippen LogP contribution < -0.4 is 5.32 Å². The van der Waals surface area contributed by atoms with E-state index in [1.54, 1.807) is 18.0 Å². The van der Waals surface area contributed by atoms with Gasteiger partial charge in [0.2, 0.25) is 0 Å². The molecule has 3 rings (SSSR count). The number of benzene rings is 1. The van der Waals surface area contributed by atoms with E-state index in [2.05, 4.69) is 26.2 Å². The van der Waals surface area contributed by atoms with Crippen molar-refractivity contribution in [3.05, 3.63) is 52.3 Å². The van der Waals surface area contributed by atoms with Crippen molar-refractivity contribution in [3.63, 3.8) is 0 Å². The van der Waals surface area contributed by atoms with Gasteiger partial charge in [0.1, 0.15) is 5.58 Å². The number of nitrogens with zero attached hydrogens (tertiary/aromatic N) is 1. The van der Waals surface area contributed by atoms with Gasteiger partial charge in [0.25, 0.3) is 5.91 Å². The summed E-state index contributed by atoms with van der Waals surface area (Å²) in [4.78, 5) is 16.6. The number of amides is 1. The second-order valence-corrected chi connectivity index (χ2v) is 6.48. The molecular weight excluding hydrogens is 364 g/mol.